The van der Waals surface area contributed by atoms with Crippen molar-refractivity contribution in [3.8, 4) is 0 Å². The quantitative estimate of drug-likeness (QED) is 0.798. The van der Waals surface area contributed by atoms with Gasteiger partial charge in [-0.3, -0.25) is 14.7 Å². The van der Waals surface area contributed by atoms with Gasteiger partial charge in [0.15, 0.2) is 5.78 Å². The number of hydrogen-bond donors (Lipinski definition) is 2. The predicted octanol–water partition coefficient (Wildman–Crippen LogP) is 1.06. The Kier molecular flexibility index (Phi) is 4.03. The Labute approximate surface area is 113 Å². The Balaban J connectivity index is 2.14. The minimum atomic E-state index is -0.671. The molecule has 1 aromatic carbocycles. The Morgan fingerprint density at radius 1 is 1.26 bits per heavy atom. The van der Waals surface area contributed by atoms with E-state index in [1.165, 1.54) is 0 Å². The Bertz CT molecular complexity index is 624. The molecule has 0 aliphatic carbocycles. The monoisotopic (exact) mass is 279 g/mol. The van der Waals surface area contributed by atoms with Crippen molar-refractivity contribution in [2.75, 3.05) is 6.61 Å². The van der Waals surface area contributed by atoms with Crippen LogP contribution in [0.3, 0.4) is 0 Å². The van der Waals surface area contributed by atoms with Gasteiger partial charge in [-0.05, 0) is 12.1 Å². The summed E-state index contributed by atoms with van der Waals surface area (Å²) in [6.45, 7) is -0.671. The zero-order chi connectivity index (χ0) is 13.8. The van der Waals surface area contributed by atoms with Gasteiger partial charge in [-0.15, -0.1) is 0 Å². The maximum Gasteiger partial charge on any atom is 0.227 e. The van der Waals surface area contributed by atoms with Gasteiger partial charge in [0.2, 0.25) is 11.6 Å². The lowest BCUT2D eigenvalue weighted by Gasteiger charge is -2.00. The number of rotatable bonds is 5. The van der Waals surface area contributed by atoms with E-state index in [0.717, 1.165) is 0 Å². The van der Waals surface area contributed by atoms with Crippen molar-refractivity contribution in [2.45, 2.75) is 6.42 Å². The number of hydrogen-bond acceptors (Lipinski definition) is 5. The Morgan fingerprint density at radius 3 is 2.68 bits per heavy atom. The average molecular weight is 280 g/mol. The summed E-state index contributed by atoms with van der Waals surface area (Å²) in [5.41, 5.74) is 0.385. The minimum Gasteiger partial charge on any atom is -0.388 e. The van der Waals surface area contributed by atoms with Crippen LogP contribution in [0.15, 0.2) is 24.3 Å². The molecule has 0 aliphatic rings. The third-order valence-corrected chi connectivity index (χ3v) is 2.76. The van der Waals surface area contributed by atoms with Crippen molar-refractivity contribution in [3.05, 3.63) is 46.5 Å². The lowest BCUT2D eigenvalue weighted by atomic mass is 10.1. The first-order valence-electron chi connectivity index (χ1n) is 5.45. The number of nitrogens with one attached hydrogen (secondary N) is 1. The summed E-state index contributed by atoms with van der Waals surface area (Å²) in [7, 11) is 0. The number of aliphatic hydroxyl groups is 1. The number of carbonyl (C=O) groups excluding carboxylic acids is 2. The van der Waals surface area contributed by atoms with Crippen LogP contribution in [0.4, 0.5) is 0 Å². The van der Waals surface area contributed by atoms with Crippen LogP contribution in [0.25, 0.3) is 0 Å². The molecule has 0 aliphatic heterocycles. The van der Waals surface area contributed by atoms with Gasteiger partial charge in [-0.2, -0.15) is 5.10 Å². The van der Waals surface area contributed by atoms with Crippen molar-refractivity contribution in [1.29, 1.82) is 0 Å². The molecule has 0 spiro atoms. The zero-order valence-corrected chi connectivity index (χ0v) is 10.5. The first-order valence-corrected chi connectivity index (χ1v) is 5.82. The van der Waals surface area contributed by atoms with E-state index in [4.69, 9.17) is 16.7 Å². The topological polar surface area (TPSA) is 95.9 Å². The molecular weight excluding hydrogens is 270 g/mol. The first kappa shape index (κ1) is 13.4. The fourth-order valence-electron chi connectivity index (χ4n) is 1.50. The van der Waals surface area contributed by atoms with Crippen LogP contribution in [0.1, 0.15) is 26.8 Å². The number of Topliss-reactive ketones (excluding diaryl/α,β-unsaturated/α-hetero) is 2. The number of aromatic nitrogens is 3. The molecule has 7 heteroatoms. The van der Waals surface area contributed by atoms with Crippen molar-refractivity contribution in [2.24, 2.45) is 0 Å². The molecule has 0 saturated heterocycles. The molecule has 1 aromatic heterocycles. The standard InChI is InChI=1S/C12H10ClN3O3/c13-8-4-2-1-3-7(8)9(18)5-11-14-12(16-15-11)10(19)6-17/h1-4,17H,5-6H2,(H,14,15,16). The molecule has 2 rings (SSSR count). The van der Waals surface area contributed by atoms with Crippen LogP contribution in [0.5, 0.6) is 0 Å². The van der Waals surface area contributed by atoms with E-state index in [9.17, 15) is 9.59 Å². The molecule has 6 nitrogen and oxygen atoms in total. The number of ketones is 2. The maximum absolute atomic E-state index is 12.0. The highest BCUT2D eigenvalue weighted by atomic mass is 35.5. The predicted molar refractivity (Wildman–Crippen MR) is 67.3 cm³/mol. The number of aromatic amines is 1. The molecule has 0 fully saturated rings. The summed E-state index contributed by atoms with van der Waals surface area (Å²) < 4.78 is 0. The van der Waals surface area contributed by atoms with E-state index in [1.807, 2.05) is 0 Å². The summed E-state index contributed by atoms with van der Waals surface area (Å²) in [6.07, 6.45) is -0.0462. The number of H-pyrrole nitrogens is 1. The summed E-state index contributed by atoms with van der Waals surface area (Å²) >= 11 is 5.91. The molecule has 0 unspecified atom stereocenters. The summed E-state index contributed by atoms with van der Waals surface area (Å²) in [6, 6.07) is 6.67. The molecule has 0 atom stereocenters. The fraction of sp³-hybridized carbons (Fsp3) is 0.167. The van der Waals surface area contributed by atoms with Crippen LogP contribution in [0.2, 0.25) is 5.02 Å². The molecular formula is C12H10ClN3O3. The van der Waals surface area contributed by atoms with Gasteiger partial charge in [0.25, 0.3) is 0 Å². The van der Waals surface area contributed by atoms with Crippen molar-refractivity contribution in [1.82, 2.24) is 15.2 Å². The molecule has 0 bridgehead atoms. The molecule has 1 heterocycles. The zero-order valence-electron chi connectivity index (χ0n) is 9.76. The smallest absolute Gasteiger partial charge is 0.227 e. The van der Waals surface area contributed by atoms with Gasteiger partial charge in [-0.25, -0.2) is 4.98 Å². The van der Waals surface area contributed by atoms with Crippen molar-refractivity contribution < 1.29 is 14.7 Å². The summed E-state index contributed by atoms with van der Waals surface area (Å²) in [5.74, 6) is -0.719. The van der Waals surface area contributed by atoms with Gasteiger partial charge in [0.1, 0.15) is 12.4 Å². The number of aliphatic hydroxyl groups excluding tert-OH is 1. The summed E-state index contributed by atoms with van der Waals surface area (Å²) in [4.78, 5) is 26.9. The van der Waals surface area contributed by atoms with Crippen LogP contribution in [-0.4, -0.2) is 38.5 Å². The van der Waals surface area contributed by atoms with Crippen molar-refractivity contribution >= 4 is 23.2 Å². The van der Waals surface area contributed by atoms with Crippen LogP contribution >= 0.6 is 11.6 Å². The fourth-order valence-corrected chi connectivity index (χ4v) is 1.75. The number of halogens is 1. The molecule has 2 N–H and O–H groups in total. The van der Waals surface area contributed by atoms with Crippen molar-refractivity contribution in [3.63, 3.8) is 0 Å². The summed E-state index contributed by atoms with van der Waals surface area (Å²) in [5, 5.41) is 15.1. The maximum atomic E-state index is 12.0. The van der Waals surface area contributed by atoms with Gasteiger partial charge in [0.05, 0.1) is 11.4 Å². The van der Waals surface area contributed by atoms with Crippen LogP contribution in [0, 0.1) is 0 Å². The molecule has 0 saturated carbocycles. The average Bonchev–Trinajstić information content (AvgIpc) is 2.86. The van der Waals surface area contributed by atoms with E-state index in [0.29, 0.717) is 10.6 Å². The van der Waals surface area contributed by atoms with E-state index in [-0.39, 0.29) is 23.9 Å². The molecule has 98 valence electrons. The molecule has 2 aromatic rings. The molecule has 0 amide bonds. The SMILES string of the molecule is O=C(CO)c1n[nH]c(CC(=O)c2ccccc2Cl)n1. The van der Waals surface area contributed by atoms with E-state index in [1.54, 1.807) is 24.3 Å². The van der Waals surface area contributed by atoms with Gasteiger partial charge in [0, 0.05) is 5.56 Å². The third-order valence-electron chi connectivity index (χ3n) is 2.43. The van der Waals surface area contributed by atoms with Gasteiger partial charge in [-0.1, -0.05) is 23.7 Å². The highest BCUT2D eigenvalue weighted by molar-refractivity contribution is 6.34. The second-order valence-electron chi connectivity index (χ2n) is 3.77. The highest BCUT2D eigenvalue weighted by Gasteiger charge is 2.15. The normalized spacial score (nSPS) is 10.4. The number of carbonyl (C=O) groups is 2. The Morgan fingerprint density at radius 2 is 2.00 bits per heavy atom. The molecule has 0 radical (unpaired) electrons. The van der Waals surface area contributed by atoms with Crippen LogP contribution < -0.4 is 0 Å². The lowest BCUT2D eigenvalue weighted by molar-refractivity contribution is 0.0892. The molecule has 19 heavy (non-hydrogen) atoms. The number of benzene rings is 1. The first-order chi connectivity index (χ1) is 9.11. The largest absolute Gasteiger partial charge is 0.388 e. The third kappa shape index (κ3) is 3.04. The van der Waals surface area contributed by atoms with Gasteiger partial charge < -0.3 is 5.11 Å². The second kappa shape index (κ2) is 5.73. The minimum absolute atomic E-state index is 0.0462. The highest BCUT2D eigenvalue weighted by Crippen LogP contribution is 2.16. The Hall–Kier alpha value is -2.05. The van der Waals surface area contributed by atoms with E-state index in [2.05, 4.69) is 15.2 Å². The van der Waals surface area contributed by atoms with E-state index < -0.39 is 12.4 Å². The van der Waals surface area contributed by atoms with Gasteiger partial charge >= 0.3 is 0 Å². The second-order valence-corrected chi connectivity index (χ2v) is 4.17. The number of nitrogens with zero attached hydrogens (tertiary/aromatic N) is 2. The van der Waals surface area contributed by atoms with Crippen LogP contribution in [-0.2, 0) is 6.42 Å². The lowest BCUT2D eigenvalue weighted by Crippen LogP contribution is -2.08. The van der Waals surface area contributed by atoms with E-state index >= 15 is 0 Å².